The molecule has 0 spiro atoms. The molecule has 4 aliphatic rings. The van der Waals surface area contributed by atoms with E-state index in [-0.39, 0.29) is 11.4 Å². The second-order valence-electron chi connectivity index (χ2n) is 8.26. The summed E-state index contributed by atoms with van der Waals surface area (Å²) < 4.78 is 6.48. The smallest absolute Gasteiger partial charge is 0.356 e. The summed E-state index contributed by atoms with van der Waals surface area (Å²) in [7, 11) is 3.60. The van der Waals surface area contributed by atoms with Gasteiger partial charge in [-0.3, -0.25) is 9.48 Å². The molecule has 136 valence electrons. The van der Waals surface area contributed by atoms with E-state index in [1.807, 2.05) is 11.9 Å². The molecule has 0 N–H and O–H groups in total. The predicted octanol–water partition coefficient (Wildman–Crippen LogP) is 2.64. The van der Waals surface area contributed by atoms with Crippen molar-refractivity contribution in [3.63, 3.8) is 0 Å². The molecule has 0 aromatic carbocycles. The van der Waals surface area contributed by atoms with Crippen molar-refractivity contribution >= 4 is 11.9 Å². The van der Waals surface area contributed by atoms with Crippen LogP contribution < -0.4 is 0 Å². The molecule has 1 aromatic heterocycles. The molecule has 5 rings (SSSR count). The third kappa shape index (κ3) is 2.66. The molecule has 6 nitrogen and oxygen atoms in total. The van der Waals surface area contributed by atoms with Crippen molar-refractivity contribution in [3.05, 3.63) is 17.5 Å². The maximum Gasteiger partial charge on any atom is 0.356 e. The highest BCUT2D eigenvalue weighted by Gasteiger charge is 2.54. The topological polar surface area (TPSA) is 64.4 Å². The molecule has 0 saturated heterocycles. The average Bonchev–Trinajstić information content (AvgIpc) is 2.94. The number of carbonyl (C=O) groups is 2. The zero-order chi connectivity index (χ0) is 17.8. The Bertz CT molecular complexity index is 673. The van der Waals surface area contributed by atoms with Gasteiger partial charge in [0.05, 0.1) is 6.61 Å². The van der Waals surface area contributed by atoms with Gasteiger partial charge in [0.1, 0.15) is 5.69 Å². The molecule has 4 saturated carbocycles. The van der Waals surface area contributed by atoms with Crippen LogP contribution >= 0.6 is 0 Å². The number of ether oxygens (including phenoxy) is 1. The van der Waals surface area contributed by atoms with E-state index in [2.05, 4.69) is 5.10 Å². The van der Waals surface area contributed by atoms with E-state index in [1.54, 1.807) is 20.0 Å². The zero-order valence-electron chi connectivity index (χ0n) is 15.3. The summed E-state index contributed by atoms with van der Waals surface area (Å²) in [5.74, 6) is 1.82. The van der Waals surface area contributed by atoms with Crippen LogP contribution in [0.3, 0.4) is 0 Å². The van der Waals surface area contributed by atoms with Crippen LogP contribution in [-0.2, 0) is 11.8 Å². The second-order valence-corrected chi connectivity index (χ2v) is 8.26. The van der Waals surface area contributed by atoms with Gasteiger partial charge in [0.2, 0.25) is 0 Å². The van der Waals surface area contributed by atoms with Crippen molar-refractivity contribution in [1.29, 1.82) is 0 Å². The first-order chi connectivity index (χ1) is 11.9. The maximum absolute atomic E-state index is 13.1. The predicted molar refractivity (Wildman–Crippen MR) is 92.2 cm³/mol. The number of aryl methyl sites for hydroxylation is 1. The summed E-state index contributed by atoms with van der Waals surface area (Å²) >= 11 is 0. The second kappa shape index (κ2) is 5.85. The molecule has 0 unspecified atom stereocenters. The third-order valence-corrected chi connectivity index (χ3v) is 6.61. The summed E-state index contributed by atoms with van der Waals surface area (Å²) in [5, 5.41) is 4.29. The van der Waals surface area contributed by atoms with Crippen LogP contribution in [0.15, 0.2) is 6.07 Å². The first-order valence-corrected chi connectivity index (χ1v) is 9.41. The number of aromatic nitrogens is 2. The molecule has 1 aromatic rings. The number of rotatable bonds is 4. The van der Waals surface area contributed by atoms with Crippen molar-refractivity contribution in [2.75, 3.05) is 13.7 Å². The molecule has 4 fully saturated rings. The Balaban J connectivity index is 1.57. The Morgan fingerprint density at radius 2 is 1.80 bits per heavy atom. The molecule has 0 radical (unpaired) electrons. The number of esters is 1. The number of hydrogen-bond donors (Lipinski definition) is 0. The van der Waals surface area contributed by atoms with Crippen LogP contribution in [0.1, 0.15) is 66.4 Å². The Morgan fingerprint density at radius 3 is 2.32 bits per heavy atom. The fourth-order valence-corrected chi connectivity index (χ4v) is 5.83. The highest BCUT2D eigenvalue weighted by Crippen LogP contribution is 2.57. The van der Waals surface area contributed by atoms with E-state index in [1.165, 1.54) is 23.9 Å². The van der Waals surface area contributed by atoms with E-state index in [0.717, 1.165) is 37.0 Å². The fourth-order valence-electron chi connectivity index (χ4n) is 5.83. The monoisotopic (exact) mass is 345 g/mol. The van der Waals surface area contributed by atoms with Gasteiger partial charge in [-0.1, -0.05) is 0 Å². The lowest BCUT2D eigenvalue weighted by atomic mass is 9.52. The summed E-state index contributed by atoms with van der Waals surface area (Å²) in [6.07, 6.45) is 7.41. The van der Waals surface area contributed by atoms with E-state index in [9.17, 15) is 9.59 Å². The third-order valence-electron chi connectivity index (χ3n) is 6.61. The van der Waals surface area contributed by atoms with Gasteiger partial charge < -0.3 is 9.64 Å². The van der Waals surface area contributed by atoms with E-state index in [4.69, 9.17) is 4.74 Å². The lowest BCUT2D eigenvalue weighted by Crippen LogP contribution is -2.60. The van der Waals surface area contributed by atoms with Crippen LogP contribution in [-0.4, -0.2) is 45.8 Å². The molecule has 6 heteroatoms. The molecule has 25 heavy (non-hydrogen) atoms. The molecule has 0 atom stereocenters. The van der Waals surface area contributed by atoms with Gasteiger partial charge in [-0.15, -0.1) is 0 Å². The number of nitrogens with zero attached hydrogens (tertiary/aromatic N) is 3. The molecular weight excluding hydrogens is 318 g/mol. The van der Waals surface area contributed by atoms with Crippen LogP contribution in [0.2, 0.25) is 0 Å². The molecule has 4 bridgehead atoms. The van der Waals surface area contributed by atoms with Crippen LogP contribution in [0.4, 0.5) is 0 Å². The Hall–Kier alpha value is -1.85. The summed E-state index contributed by atoms with van der Waals surface area (Å²) in [6.45, 7) is 2.07. The van der Waals surface area contributed by atoms with E-state index < -0.39 is 5.97 Å². The number of hydrogen-bond acceptors (Lipinski definition) is 4. The average molecular weight is 345 g/mol. The van der Waals surface area contributed by atoms with Crippen molar-refractivity contribution in [2.45, 2.75) is 51.0 Å². The summed E-state index contributed by atoms with van der Waals surface area (Å²) in [4.78, 5) is 27.0. The molecular formula is C19H27N3O3. The van der Waals surface area contributed by atoms with Gasteiger partial charge in [0, 0.05) is 25.7 Å². The minimum Gasteiger partial charge on any atom is -0.461 e. The highest BCUT2D eigenvalue weighted by molar-refractivity contribution is 5.96. The SMILES string of the molecule is CCOC(=O)c1cc(C(=O)N(C)C23CC4CC(CC(C4)C2)C3)nn1C. The van der Waals surface area contributed by atoms with E-state index >= 15 is 0 Å². The van der Waals surface area contributed by atoms with Gasteiger partial charge in [0.15, 0.2) is 5.69 Å². The van der Waals surface area contributed by atoms with Crippen LogP contribution in [0.5, 0.6) is 0 Å². The first-order valence-electron chi connectivity index (χ1n) is 9.41. The van der Waals surface area contributed by atoms with Crippen LogP contribution in [0.25, 0.3) is 0 Å². The zero-order valence-corrected chi connectivity index (χ0v) is 15.3. The Labute approximate surface area is 148 Å². The van der Waals surface area contributed by atoms with Crippen molar-refractivity contribution in [1.82, 2.24) is 14.7 Å². The van der Waals surface area contributed by atoms with Crippen LogP contribution in [0, 0.1) is 17.8 Å². The van der Waals surface area contributed by atoms with Gasteiger partial charge in [-0.25, -0.2) is 4.79 Å². The van der Waals surface area contributed by atoms with E-state index in [0.29, 0.717) is 18.0 Å². The lowest BCUT2D eigenvalue weighted by Gasteiger charge is -2.59. The Morgan fingerprint density at radius 1 is 1.24 bits per heavy atom. The normalized spacial score (nSPS) is 32.7. The van der Waals surface area contributed by atoms with Crippen molar-refractivity contribution < 1.29 is 14.3 Å². The summed E-state index contributed by atoms with van der Waals surface area (Å²) in [5.41, 5.74) is 0.654. The lowest BCUT2D eigenvalue weighted by molar-refractivity contribution is -0.0667. The molecule has 4 aliphatic carbocycles. The minimum atomic E-state index is -0.436. The minimum absolute atomic E-state index is 0.00650. The van der Waals surface area contributed by atoms with Gasteiger partial charge in [0.25, 0.3) is 5.91 Å². The maximum atomic E-state index is 13.1. The highest BCUT2D eigenvalue weighted by atomic mass is 16.5. The van der Waals surface area contributed by atoms with Gasteiger partial charge >= 0.3 is 5.97 Å². The number of carbonyl (C=O) groups excluding carboxylic acids is 2. The van der Waals surface area contributed by atoms with Gasteiger partial charge in [-0.2, -0.15) is 5.10 Å². The summed E-state index contributed by atoms with van der Waals surface area (Å²) in [6, 6.07) is 1.57. The molecule has 0 aliphatic heterocycles. The van der Waals surface area contributed by atoms with Crippen molar-refractivity contribution in [3.8, 4) is 0 Å². The Kier molecular flexibility index (Phi) is 3.89. The fraction of sp³-hybridized carbons (Fsp3) is 0.737. The quantitative estimate of drug-likeness (QED) is 0.787. The van der Waals surface area contributed by atoms with Gasteiger partial charge in [-0.05, 0) is 63.2 Å². The standard InChI is InChI=1S/C19H27N3O3/c1-4-25-18(24)16-8-15(20-22(16)3)17(23)21(2)19-9-12-5-13(10-19)7-14(6-12)11-19/h8,12-14H,4-7,9-11H2,1-3H3. The first kappa shape index (κ1) is 16.6. The largest absolute Gasteiger partial charge is 0.461 e. The molecule has 1 amide bonds. The van der Waals surface area contributed by atoms with Crippen molar-refractivity contribution in [2.24, 2.45) is 24.8 Å². The number of amides is 1. The molecule has 1 heterocycles.